The van der Waals surface area contributed by atoms with Crippen LogP contribution in [0.5, 0.6) is 0 Å². The van der Waals surface area contributed by atoms with E-state index in [0.717, 1.165) is 38.8 Å². The molecule has 0 aromatic carbocycles. The second kappa shape index (κ2) is 6.08. The lowest BCUT2D eigenvalue weighted by atomic mass is 10.1. The molecule has 4 heteroatoms. The van der Waals surface area contributed by atoms with Gasteiger partial charge < -0.3 is 15.7 Å². The van der Waals surface area contributed by atoms with Crippen LogP contribution in [-0.4, -0.2) is 41.7 Å². The van der Waals surface area contributed by atoms with E-state index in [1.54, 1.807) is 0 Å². The Morgan fingerprint density at radius 1 is 1.67 bits per heavy atom. The minimum Gasteiger partial charge on any atom is -0.396 e. The van der Waals surface area contributed by atoms with E-state index in [4.69, 9.17) is 10.8 Å². The summed E-state index contributed by atoms with van der Waals surface area (Å²) in [5.41, 5.74) is 5.79. The number of nitrogens with two attached hydrogens (primary N) is 1. The molecule has 1 rings (SSSR count). The van der Waals surface area contributed by atoms with Gasteiger partial charge in [-0.2, -0.15) is 0 Å². The molecule has 1 heterocycles. The summed E-state index contributed by atoms with van der Waals surface area (Å²) in [4.78, 5) is 13.7. The van der Waals surface area contributed by atoms with Crippen LogP contribution in [0.15, 0.2) is 0 Å². The lowest BCUT2D eigenvalue weighted by Gasteiger charge is -2.20. The number of aliphatic hydroxyl groups is 1. The zero-order valence-electron chi connectivity index (χ0n) is 9.48. The van der Waals surface area contributed by atoms with Crippen molar-refractivity contribution in [1.29, 1.82) is 0 Å². The summed E-state index contributed by atoms with van der Waals surface area (Å²) in [6, 6.07) is -0.331. The Balaban J connectivity index is 2.35. The Morgan fingerprint density at radius 2 is 2.40 bits per heavy atom. The van der Waals surface area contributed by atoms with Crippen LogP contribution in [0.2, 0.25) is 0 Å². The van der Waals surface area contributed by atoms with E-state index < -0.39 is 0 Å². The highest BCUT2D eigenvalue weighted by molar-refractivity contribution is 5.81. The highest BCUT2D eigenvalue weighted by Gasteiger charge is 2.28. The molecule has 1 saturated heterocycles. The minimum absolute atomic E-state index is 0.0808. The third-order valence-electron chi connectivity index (χ3n) is 3.05. The van der Waals surface area contributed by atoms with Gasteiger partial charge in [-0.05, 0) is 25.2 Å². The quantitative estimate of drug-likeness (QED) is 0.693. The molecule has 0 radical (unpaired) electrons. The third-order valence-corrected chi connectivity index (χ3v) is 3.05. The molecule has 0 spiro atoms. The van der Waals surface area contributed by atoms with E-state index in [9.17, 15) is 4.79 Å². The van der Waals surface area contributed by atoms with Gasteiger partial charge in [0.2, 0.25) is 5.91 Å². The predicted molar refractivity (Wildman–Crippen MR) is 59.3 cm³/mol. The molecule has 0 aromatic rings. The lowest BCUT2D eigenvalue weighted by molar-refractivity contribution is -0.131. The molecule has 88 valence electrons. The molecule has 1 fully saturated rings. The molecular formula is C11H22N2O2. The average Bonchev–Trinajstić information content (AvgIpc) is 2.66. The number of carbonyl (C=O) groups is 1. The maximum absolute atomic E-state index is 11.8. The van der Waals surface area contributed by atoms with Crippen LogP contribution < -0.4 is 5.73 Å². The van der Waals surface area contributed by atoms with Crippen molar-refractivity contribution in [2.75, 3.05) is 19.7 Å². The number of nitrogens with zero attached hydrogens (tertiary/aromatic N) is 1. The van der Waals surface area contributed by atoms with Crippen LogP contribution in [0.25, 0.3) is 0 Å². The number of rotatable bonds is 5. The molecule has 4 nitrogen and oxygen atoms in total. The minimum atomic E-state index is -0.331. The summed E-state index contributed by atoms with van der Waals surface area (Å²) >= 11 is 0. The van der Waals surface area contributed by atoms with Crippen molar-refractivity contribution in [3.05, 3.63) is 0 Å². The molecule has 15 heavy (non-hydrogen) atoms. The second-order valence-corrected chi connectivity index (χ2v) is 4.35. The van der Waals surface area contributed by atoms with Crippen molar-refractivity contribution < 1.29 is 9.90 Å². The zero-order valence-corrected chi connectivity index (χ0v) is 9.48. The first kappa shape index (κ1) is 12.5. The van der Waals surface area contributed by atoms with E-state index in [1.807, 2.05) is 11.8 Å². The molecule has 2 atom stereocenters. The molecule has 0 aliphatic carbocycles. The molecule has 3 N–H and O–H groups in total. The van der Waals surface area contributed by atoms with E-state index in [1.165, 1.54) is 0 Å². The highest BCUT2D eigenvalue weighted by Crippen LogP contribution is 2.19. The molecule has 1 amide bonds. The summed E-state index contributed by atoms with van der Waals surface area (Å²) in [6.45, 7) is 3.83. The number of aliphatic hydroxyl groups excluding tert-OH is 1. The first-order valence-corrected chi connectivity index (χ1v) is 5.84. The standard InChI is InChI=1S/C11H22N2O2/c1-2-3-10(12)11(15)13-6-4-9(8-13)5-7-14/h9-10,14H,2-8,12H2,1H3/t9?,10-/m1/s1. The van der Waals surface area contributed by atoms with Crippen LogP contribution >= 0.6 is 0 Å². The van der Waals surface area contributed by atoms with Crippen molar-refractivity contribution in [3.63, 3.8) is 0 Å². The molecular weight excluding hydrogens is 192 g/mol. The number of likely N-dealkylation sites (tertiary alicyclic amines) is 1. The van der Waals surface area contributed by atoms with E-state index in [0.29, 0.717) is 5.92 Å². The fourth-order valence-electron chi connectivity index (χ4n) is 2.12. The largest absolute Gasteiger partial charge is 0.396 e. The topological polar surface area (TPSA) is 66.6 Å². The van der Waals surface area contributed by atoms with Gasteiger partial charge in [0.15, 0.2) is 0 Å². The summed E-state index contributed by atoms with van der Waals surface area (Å²) in [5.74, 6) is 0.546. The van der Waals surface area contributed by atoms with Crippen molar-refractivity contribution in [3.8, 4) is 0 Å². The Hall–Kier alpha value is -0.610. The monoisotopic (exact) mass is 214 g/mol. The summed E-state index contributed by atoms with van der Waals surface area (Å²) in [5, 5.41) is 8.82. The van der Waals surface area contributed by atoms with Crippen LogP contribution in [0.4, 0.5) is 0 Å². The van der Waals surface area contributed by atoms with Gasteiger partial charge in [0.1, 0.15) is 0 Å². The molecule has 1 aliphatic rings. The normalized spacial score (nSPS) is 23.1. The van der Waals surface area contributed by atoms with E-state index >= 15 is 0 Å². The van der Waals surface area contributed by atoms with Crippen molar-refractivity contribution in [1.82, 2.24) is 4.90 Å². The molecule has 0 aromatic heterocycles. The van der Waals surface area contributed by atoms with Crippen LogP contribution in [0, 0.1) is 5.92 Å². The van der Waals surface area contributed by atoms with E-state index in [2.05, 4.69) is 0 Å². The summed E-state index contributed by atoms with van der Waals surface area (Å²) in [7, 11) is 0. The maximum Gasteiger partial charge on any atom is 0.239 e. The predicted octanol–water partition coefficient (Wildman–Crippen LogP) is 0.345. The van der Waals surface area contributed by atoms with Crippen molar-refractivity contribution in [2.45, 2.75) is 38.6 Å². The summed E-state index contributed by atoms with van der Waals surface area (Å²) < 4.78 is 0. The molecule has 0 saturated carbocycles. The van der Waals surface area contributed by atoms with Crippen molar-refractivity contribution >= 4 is 5.91 Å². The Kier molecular flexibility index (Phi) is 5.05. The molecule has 1 aliphatic heterocycles. The van der Waals surface area contributed by atoms with Gasteiger partial charge in [-0.3, -0.25) is 4.79 Å². The number of amides is 1. The fourth-order valence-corrected chi connectivity index (χ4v) is 2.12. The first-order valence-electron chi connectivity index (χ1n) is 5.84. The molecule has 1 unspecified atom stereocenters. The van der Waals surface area contributed by atoms with Crippen LogP contribution in [-0.2, 0) is 4.79 Å². The van der Waals surface area contributed by atoms with Gasteiger partial charge in [0.25, 0.3) is 0 Å². The zero-order chi connectivity index (χ0) is 11.3. The van der Waals surface area contributed by atoms with E-state index in [-0.39, 0.29) is 18.6 Å². The van der Waals surface area contributed by atoms with Gasteiger partial charge in [-0.1, -0.05) is 13.3 Å². The average molecular weight is 214 g/mol. The third kappa shape index (κ3) is 3.47. The van der Waals surface area contributed by atoms with Crippen LogP contribution in [0.1, 0.15) is 32.6 Å². The van der Waals surface area contributed by atoms with Crippen molar-refractivity contribution in [2.24, 2.45) is 11.7 Å². The number of hydrogen-bond acceptors (Lipinski definition) is 3. The lowest BCUT2D eigenvalue weighted by Crippen LogP contribution is -2.42. The van der Waals surface area contributed by atoms with Crippen LogP contribution in [0.3, 0.4) is 0 Å². The fraction of sp³-hybridized carbons (Fsp3) is 0.909. The summed E-state index contributed by atoms with van der Waals surface area (Å²) in [6.07, 6.45) is 3.51. The van der Waals surface area contributed by atoms with Gasteiger partial charge in [0.05, 0.1) is 6.04 Å². The number of hydrogen-bond donors (Lipinski definition) is 2. The smallest absolute Gasteiger partial charge is 0.239 e. The first-order chi connectivity index (χ1) is 7.19. The Morgan fingerprint density at radius 3 is 3.00 bits per heavy atom. The van der Waals surface area contributed by atoms with Gasteiger partial charge in [-0.15, -0.1) is 0 Å². The molecule has 0 bridgehead atoms. The Labute approximate surface area is 91.4 Å². The second-order valence-electron chi connectivity index (χ2n) is 4.35. The highest BCUT2D eigenvalue weighted by atomic mass is 16.3. The number of carbonyl (C=O) groups excluding carboxylic acids is 1. The van der Waals surface area contributed by atoms with Gasteiger partial charge in [-0.25, -0.2) is 0 Å². The van der Waals surface area contributed by atoms with Gasteiger partial charge in [0, 0.05) is 19.7 Å². The Bertz CT molecular complexity index is 209. The van der Waals surface area contributed by atoms with Gasteiger partial charge >= 0.3 is 0 Å². The maximum atomic E-state index is 11.8. The SMILES string of the molecule is CCC[C@@H](N)C(=O)N1CCC(CCO)C1.